The highest BCUT2D eigenvalue weighted by molar-refractivity contribution is 5.27. The smallest absolute Gasteiger partial charge is 0.119 e. The van der Waals surface area contributed by atoms with Crippen LogP contribution in [0.15, 0.2) is 36.4 Å². The number of benzene rings is 1. The Morgan fingerprint density at radius 1 is 0.960 bits per heavy atom. The van der Waals surface area contributed by atoms with Crippen molar-refractivity contribution in [3.05, 3.63) is 42.0 Å². The number of ether oxygens (including phenoxy) is 1. The molecule has 1 aromatic rings. The molecule has 0 amide bonds. The molecule has 1 saturated carbocycles. The molecule has 0 heterocycles. The summed E-state index contributed by atoms with van der Waals surface area (Å²) in [6.07, 6.45) is 19.7. The maximum absolute atomic E-state index is 5.64. The van der Waals surface area contributed by atoms with E-state index in [9.17, 15) is 0 Å². The second-order valence-electron chi connectivity index (χ2n) is 7.74. The molecule has 0 spiro atoms. The van der Waals surface area contributed by atoms with Crippen LogP contribution in [0.25, 0.3) is 0 Å². The van der Waals surface area contributed by atoms with Gasteiger partial charge in [-0.3, -0.25) is 0 Å². The fraction of sp³-hybridized carbons (Fsp3) is 0.667. The molecule has 0 bridgehead atoms. The van der Waals surface area contributed by atoms with E-state index in [4.69, 9.17) is 4.74 Å². The number of aryl methyl sites for hydroxylation is 1. The van der Waals surface area contributed by atoms with E-state index in [1.807, 2.05) is 0 Å². The van der Waals surface area contributed by atoms with Crippen molar-refractivity contribution in [3.63, 3.8) is 0 Å². The third-order valence-electron chi connectivity index (χ3n) is 5.51. The molecule has 0 radical (unpaired) electrons. The quantitative estimate of drug-likeness (QED) is 0.302. The first-order valence-corrected chi connectivity index (χ1v) is 10.7. The van der Waals surface area contributed by atoms with Crippen molar-refractivity contribution >= 4 is 0 Å². The molecule has 1 aromatic carbocycles. The highest BCUT2D eigenvalue weighted by Crippen LogP contribution is 2.32. The van der Waals surface area contributed by atoms with Crippen LogP contribution in [-0.4, -0.2) is 6.61 Å². The second-order valence-corrected chi connectivity index (χ2v) is 7.74. The first-order chi connectivity index (χ1) is 12.3. The van der Waals surface area contributed by atoms with Crippen molar-refractivity contribution in [1.82, 2.24) is 0 Å². The lowest BCUT2D eigenvalue weighted by Gasteiger charge is -2.26. The van der Waals surface area contributed by atoms with Crippen molar-refractivity contribution in [1.29, 1.82) is 0 Å². The summed E-state index contributed by atoms with van der Waals surface area (Å²) in [7, 11) is 0. The summed E-state index contributed by atoms with van der Waals surface area (Å²) in [5.74, 6) is 2.86. The van der Waals surface area contributed by atoms with Gasteiger partial charge in [0.1, 0.15) is 5.75 Å². The summed E-state index contributed by atoms with van der Waals surface area (Å²) in [5.41, 5.74) is 1.41. The first-order valence-electron chi connectivity index (χ1n) is 10.7. The van der Waals surface area contributed by atoms with Crippen molar-refractivity contribution in [2.24, 2.45) is 11.8 Å². The SMILES string of the molecule is CCCCCC1CCC(/C=C/CCc2ccc(OCCC)cc2)CC1. The molecule has 1 heteroatoms. The Kier molecular flexibility index (Phi) is 9.77. The minimum atomic E-state index is 0.808. The Bertz CT molecular complexity index is 465. The van der Waals surface area contributed by atoms with Gasteiger partial charge in [-0.15, -0.1) is 0 Å². The van der Waals surface area contributed by atoms with Crippen molar-refractivity contribution in [2.75, 3.05) is 6.61 Å². The van der Waals surface area contributed by atoms with Gasteiger partial charge in [0.2, 0.25) is 0 Å². The summed E-state index contributed by atoms with van der Waals surface area (Å²) in [6, 6.07) is 8.63. The number of allylic oxidation sites excluding steroid dienone is 2. The van der Waals surface area contributed by atoms with Crippen LogP contribution in [0.5, 0.6) is 5.75 Å². The van der Waals surface area contributed by atoms with Gasteiger partial charge in [0, 0.05) is 0 Å². The van der Waals surface area contributed by atoms with E-state index in [0.717, 1.165) is 43.5 Å². The van der Waals surface area contributed by atoms with Gasteiger partial charge < -0.3 is 4.74 Å². The van der Waals surface area contributed by atoms with Gasteiger partial charge >= 0.3 is 0 Å². The van der Waals surface area contributed by atoms with Gasteiger partial charge in [0.15, 0.2) is 0 Å². The molecule has 0 N–H and O–H groups in total. The molecule has 0 aliphatic heterocycles. The highest BCUT2D eigenvalue weighted by atomic mass is 16.5. The van der Waals surface area contributed by atoms with Crippen LogP contribution in [0.3, 0.4) is 0 Å². The fourth-order valence-corrected chi connectivity index (χ4v) is 3.86. The Labute approximate surface area is 155 Å². The molecule has 140 valence electrons. The largest absolute Gasteiger partial charge is 0.494 e. The summed E-state index contributed by atoms with van der Waals surface area (Å²) in [5, 5.41) is 0. The molecule has 2 rings (SSSR count). The zero-order chi connectivity index (χ0) is 17.7. The molecule has 1 fully saturated rings. The Hall–Kier alpha value is -1.24. The van der Waals surface area contributed by atoms with E-state index in [-0.39, 0.29) is 0 Å². The number of unbranched alkanes of at least 4 members (excludes halogenated alkanes) is 2. The summed E-state index contributed by atoms with van der Waals surface area (Å²) >= 11 is 0. The average molecular weight is 343 g/mol. The van der Waals surface area contributed by atoms with Crippen LogP contribution in [0, 0.1) is 11.8 Å². The van der Waals surface area contributed by atoms with Crippen molar-refractivity contribution < 1.29 is 4.74 Å². The minimum absolute atomic E-state index is 0.808. The topological polar surface area (TPSA) is 9.23 Å². The second kappa shape index (κ2) is 12.2. The average Bonchev–Trinajstić information content (AvgIpc) is 2.66. The lowest BCUT2D eigenvalue weighted by Crippen LogP contribution is -2.13. The van der Waals surface area contributed by atoms with E-state index in [1.165, 1.54) is 56.9 Å². The molecule has 0 unspecified atom stereocenters. The Balaban J connectivity index is 1.60. The maximum atomic E-state index is 5.64. The van der Waals surface area contributed by atoms with Gasteiger partial charge in [0.25, 0.3) is 0 Å². The van der Waals surface area contributed by atoms with E-state index >= 15 is 0 Å². The lowest BCUT2D eigenvalue weighted by molar-refractivity contribution is 0.289. The number of hydrogen-bond acceptors (Lipinski definition) is 1. The predicted octanol–water partition coefficient (Wildman–Crippen LogP) is 7.35. The standard InChI is InChI=1S/C24H38O/c1-3-5-6-9-21-12-14-22(15-13-21)10-7-8-11-23-16-18-24(19-17-23)25-20-4-2/h7,10,16-19,21-22H,3-6,8-9,11-15,20H2,1-2H3/b10-7+. The summed E-state index contributed by atoms with van der Waals surface area (Å²) < 4.78 is 5.64. The predicted molar refractivity (Wildman–Crippen MR) is 109 cm³/mol. The van der Waals surface area contributed by atoms with Gasteiger partial charge in [-0.1, -0.05) is 63.8 Å². The maximum Gasteiger partial charge on any atom is 0.119 e. The highest BCUT2D eigenvalue weighted by Gasteiger charge is 2.18. The molecule has 0 saturated heterocycles. The van der Waals surface area contributed by atoms with Crippen LogP contribution in [0.4, 0.5) is 0 Å². The summed E-state index contributed by atoms with van der Waals surface area (Å²) in [6.45, 7) is 5.25. The van der Waals surface area contributed by atoms with Gasteiger partial charge in [-0.05, 0) is 74.5 Å². The molecule has 1 nitrogen and oxygen atoms in total. The van der Waals surface area contributed by atoms with Crippen LogP contribution in [0.1, 0.15) is 83.6 Å². The minimum Gasteiger partial charge on any atom is -0.494 e. The van der Waals surface area contributed by atoms with E-state index < -0.39 is 0 Å². The van der Waals surface area contributed by atoms with E-state index in [0.29, 0.717) is 0 Å². The zero-order valence-corrected chi connectivity index (χ0v) is 16.5. The first kappa shape index (κ1) is 20.1. The Morgan fingerprint density at radius 3 is 2.40 bits per heavy atom. The molecule has 25 heavy (non-hydrogen) atoms. The van der Waals surface area contributed by atoms with Gasteiger partial charge in [0.05, 0.1) is 6.61 Å². The van der Waals surface area contributed by atoms with E-state index in [2.05, 4.69) is 50.3 Å². The van der Waals surface area contributed by atoms with Gasteiger partial charge in [-0.25, -0.2) is 0 Å². The molecule has 1 aliphatic rings. The third-order valence-corrected chi connectivity index (χ3v) is 5.51. The number of rotatable bonds is 11. The molecular formula is C24H38O. The van der Waals surface area contributed by atoms with Crippen LogP contribution < -0.4 is 4.74 Å². The monoisotopic (exact) mass is 342 g/mol. The van der Waals surface area contributed by atoms with Crippen molar-refractivity contribution in [3.8, 4) is 5.75 Å². The van der Waals surface area contributed by atoms with E-state index in [1.54, 1.807) is 0 Å². The summed E-state index contributed by atoms with van der Waals surface area (Å²) in [4.78, 5) is 0. The molecular weight excluding hydrogens is 304 g/mol. The fourth-order valence-electron chi connectivity index (χ4n) is 3.86. The zero-order valence-electron chi connectivity index (χ0n) is 16.5. The van der Waals surface area contributed by atoms with Crippen molar-refractivity contribution in [2.45, 2.75) is 84.5 Å². The lowest BCUT2D eigenvalue weighted by atomic mass is 9.79. The van der Waals surface area contributed by atoms with Crippen LogP contribution in [-0.2, 0) is 6.42 Å². The molecule has 0 aromatic heterocycles. The Morgan fingerprint density at radius 2 is 1.72 bits per heavy atom. The molecule has 0 atom stereocenters. The van der Waals surface area contributed by atoms with Gasteiger partial charge in [-0.2, -0.15) is 0 Å². The van der Waals surface area contributed by atoms with Crippen LogP contribution >= 0.6 is 0 Å². The molecule has 1 aliphatic carbocycles. The third kappa shape index (κ3) is 8.12. The normalized spacial score (nSPS) is 20.9. The number of hydrogen-bond donors (Lipinski definition) is 0. The van der Waals surface area contributed by atoms with Crippen LogP contribution in [0.2, 0.25) is 0 Å².